The molecule has 0 fully saturated rings. The van der Waals surface area contributed by atoms with Gasteiger partial charge in [0.25, 0.3) is 5.91 Å². The zero-order chi connectivity index (χ0) is 18.1. The zero-order valence-corrected chi connectivity index (χ0v) is 14.3. The van der Waals surface area contributed by atoms with Gasteiger partial charge in [0.2, 0.25) is 0 Å². The third kappa shape index (κ3) is 5.85. The van der Waals surface area contributed by atoms with Crippen LogP contribution in [0.1, 0.15) is 15.9 Å². The van der Waals surface area contributed by atoms with Crippen LogP contribution in [0.15, 0.2) is 48.5 Å². The minimum Gasteiger partial charge on any atom is -0.492 e. The average Bonchev–Trinajstić information content (AvgIpc) is 2.65. The van der Waals surface area contributed by atoms with Gasteiger partial charge in [-0.15, -0.1) is 0 Å². The van der Waals surface area contributed by atoms with E-state index in [1.54, 1.807) is 36.3 Å². The molecule has 0 saturated carbocycles. The van der Waals surface area contributed by atoms with Crippen molar-refractivity contribution in [1.29, 1.82) is 0 Å². The second kappa shape index (κ2) is 9.76. The zero-order valence-electron chi connectivity index (χ0n) is 14.3. The van der Waals surface area contributed by atoms with Gasteiger partial charge in [0, 0.05) is 25.8 Å². The second-order valence-corrected chi connectivity index (χ2v) is 5.49. The Morgan fingerprint density at radius 2 is 1.68 bits per heavy atom. The summed E-state index contributed by atoms with van der Waals surface area (Å²) < 4.78 is 23.5. The average molecular weight is 346 g/mol. The van der Waals surface area contributed by atoms with Crippen LogP contribution in [-0.2, 0) is 11.3 Å². The number of hydrogen-bond acceptors (Lipinski definition) is 4. The number of carbonyl (C=O) groups excluding carboxylic acids is 1. The van der Waals surface area contributed by atoms with Crippen LogP contribution in [0, 0.1) is 5.82 Å². The maximum Gasteiger partial charge on any atom is 0.254 e. The largest absolute Gasteiger partial charge is 0.492 e. The van der Waals surface area contributed by atoms with E-state index in [-0.39, 0.29) is 11.7 Å². The highest BCUT2D eigenvalue weighted by molar-refractivity contribution is 5.94. The molecule has 0 bridgehead atoms. The molecule has 0 spiro atoms. The van der Waals surface area contributed by atoms with E-state index in [4.69, 9.17) is 15.2 Å². The van der Waals surface area contributed by atoms with Crippen molar-refractivity contribution in [3.05, 3.63) is 65.5 Å². The van der Waals surface area contributed by atoms with E-state index < -0.39 is 0 Å². The van der Waals surface area contributed by atoms with E-state index >= 15 is 0 Å². The number of halogens is 1. The summed E-state index contributed by atoms with van der Waals surface area (Å²) in [7, 11) is 1.59. The SMILES string of the molecule is COCCN(CCOc1ccc(F)cc1)C(=O)c1ccc(CN)cc1. The van der Waals surface area contributed by atoms with Gasteiger partial charge in [-0.1, -0.05) is 12.1 Å². The number of carbonyl (C=O) groups is 1. The van der Waals surface area contributed by atoms with E-state index in [0.29, 0.717) is 44.2 Å². The predicted octanol–water partition coefficient (Wildman–Crippen LogP) is 2.45. The highest BCUT2D eigenvalue weighted by atomic mass is 19.1. The molecule has 5 nitrogen and oxygen atoms in total. The van der Waals surface area contributed by atoms with Gasteiger partial charge in [-0.3, -0.25) is 4.79 Å². The highest BCUT2D eigenvalue weighted by Gasteiger charge is 2.15. The molecule has 0 aliphatic heterocycles. The third-order valence-electron chi connectivity index (χ3n) is 3.73. The summed E-state index contributed by atoms with van der Waals surface area (Å²) in [6, 6.07) is 13.0. The maximum absolute atomic E-state index is 12.9. The molecule has 25 heavy (non-hydrogen) atoms. The molecule has 2 aromatic carbocycles. The Bertz CT molecular complexity index is 659. The van der Waals surface area contributed by atoms with E-state index in [1.807, 2.05) is 12.1 Å². The van der Waals surface area contributed by atoms with Crippen LogP contribution in [0.2, 0.25) is 0 Å². The van der Waals surface area contributed by atoms with Gasteiger partial charge in [0.05, 0.1) is 13.2 Å². The molecule has 2 aromatic rings. The Labute approximate surface area is 147 Å². The molecule has 0 aliphatic carbocycles. The maximum atomic E-state index is 12.9. The van der Waals surface area contributed by atoms with E-state index in [0.717, 1.165) is 5.56 Å². The molecule has 0 unspecified atom stereocenters. The van der Waals surface area contributed by atoms with E-state index in [1.165, 1.54) is 12.1 Å². The van der Waals surface area contributed by atoms with Gasteiger partial charge in [0.15, 0.2) is 0 Å². The van der Waals surface area contributed by atoms with Crippen molar-refractivity contribution in [2.24, 2.45) is 5.73 Å². The van der Waals surface area contributed by atoms with Crippen molar-refractivity contribution in [2.75, 3.05) is 33.4 Å². The van der Waals surface area contributed by atoms with Crippen LogP contribution >= 0.6 is 0 Å². The summed E-state index contributed by atoms with van der Waals surface area (Å²) in [4.78, 5) is 14.3. The molecule has 2 N–H and O–H groups in total. The van der Waals surface area contributed by atoms with Gasteiger partial charge in [-0.2, -0.15) is 0 Å². The molecule has 0 atom stereocenters. The third-order valence-corrected chi connectivity index (χ3v) is 3.73. The number of nitrogens with two attached hydrogens (primary N) is 1. The summed E-state index contributed by atoms with van der Waals surface area (Å²) in [5, 5.41) is 0. The minimum atomic E-state index is -0.315. The van der Waals surface area contributed by atoms with E-state index in [9.17, 15) is 9.18 Å². The number of nitrogens with zero attached hydrogens (tertiary/aromatic N) is 1. The lowest BCUT2D eigenvalue weighted by atomic mass is 10.1. The molecular weight excluding hydrogens is 323 g/mol. The van der Waals surface area contributed by atoms with Gasteiger partial charge in [-0.05, 0) is 42.0 Å². The quantitative estimate of drug-likeness (QED) is 0.757. The Hall–Kier alpha value is -2.44. The van der Waals surface area contributed by atoms with Crippen LogP contribution < -0.4 is 10.5 Å². The van der Waals surface area contributed by atoms with Crippen LogP contribution in [0.4, 0.5) is 4.39 Å². The molecule has 1 amide bonds. The van der Waals surface area contributed by atoms with Crippen molar-refractivity contribution in [3.63, 3.8) is 0 Å². The fraction of sp³-hybridized carbons (Fsp3) is 0.316. The molecule has 134 valence electrons. The smallest absolute Gasteiger partial charge is 0.254 e. The fourth-order valence-electron chi connectivity index (χ4n) is 2.29. The summed E-state index contributed by atoms with van der Waals surface area (Å²) >= 11 is 0. The number of amides is 1. The summed E-state index contributed by atoms with van der Waals surface area (Å²) in [6.07, 6.45) is 0. The first-order valence-electron chi connectivity index (χ1n) is 8.09. The van der Waals surface area contributed by atoms with Crippen molar-refractivity contribution >= 4 is 5.91 Å². The van der Waals surface area contributed by atoms with Gasteiger partial charge in [0.1, 0.15) is 18.2 Å². The highest BCUT2D eigenvalue weighted by Crippen LogP contribution is 2.12. The minimum absolute atomic E-state index is 0.0941. The second-order valence-electron chi connectivity index (χ2n) is 5.49. The Morgan fingerprint density at radius 3 is 2.28 bits per heavy atom. The summed E-state index contributed by atoms with van der Waals surface area (Å²) in [5.41, 5.74) is 7.14. The van der Waals surface area contributed by atoms with Gasteiger partial charge >= 0.3 is 0 Å². The number of hydrogen-bond donors (Lipinski definition) is 1. The standard InChI is InChI=1S/C19H23FN2O3/c1-24-12-10-22(11-13-25-18-8-6-17(20)7-9-18)19(23)16-4-2-15(14-21)3-5-16/h2-9H,10-14,21H2,1H3. The van der Waals surface area contributed by atoms with Gasteiger partial charge < -0.3 is 20.1 Å². The van der Waals surface area contributed by atoms with Crippen molar-refractivity contribution in [3.8, 4) is 5.75 Å². The molecule has 0 aliphatic rings. The Balaban J connectivity index is 1.96. The number of ether oxygens (including phenoxy) is 2. The van der Waals surface area contributed by atoms with Crippen molar-refractivity contribution in [1.82, 2.24) is 4.90 Å². The molecule has 0 aromatic heterocycles. The van der Waals surface area contributed by atoms with Gasteiger partial charge in [-0.25, -0.2) is 4.39 Å². The Kier molecular flexibility index (Phi) is 7.37. The fourth-order valence-corrected chi connectivity index (χ4v) is 2.29. The first-order chi connectivity index (χ1) is 12.1. The first-order valence-corrected chi connectivity index (χ1v) is 8.09. The normalized spacial score (nSPS) is 10.5. The van der Waals surface area contributed by atoms with Crippen molar-refractivity contribution in [2.45, 2.75) is 6.54 Å². The number of rotatable bonds is 9. The van der Waals surface area contributed by atoms with Crippen LogP contribution in [-0.4, -0.2) is 44.2 Å². The molecule has 6 heteroatoms. The summed E-state index contributed by atoms with van der Waals surface area (Å²) in [6.45, 7) is 2.04. The van der Waals surface area contributed by atoms with E-state index in [2.05, 4.69) is 0 Å². The lowest BCUT2D eigenvalue weighted by molar-refractivity contribution is 0.0665. The van der Waals surface area contributed by atoms with Crippen LogP contribution in [0.5, 0.6) is 5.75 Å². The monoisotopic (exact) mass is 346 g/mol. The lowest BCUT2D eigenvalue weighted by Gasteiger charge is -2.22. The number of benzene rings is 2. The Morgan fingerprint density at radius 1 is 1.04 bits per heavy atom. The predicted molar refractivity (Wildman–Crippen MR) is 94.0 cm³/mol. The first kappa shape index (κ1) is 18.9. The topological polar surface area (TPSA) is 64.8 Å². The summed E-state index contributed by atoms with van der Waals surface area (Å²) in [5.74, 6) is 0.154. The molecule has 2 rings (SSSR count). The lowest BCUT2D eigenvalue weighted by Crippen LogP contribution is -2.37. The molecule has 0 saturated heterocycles. The molecule has 0 radical (unpaired) electrons. The van der Waals surface area contributed by atoms with Crippen molar-refractivity contribution < 1.29 is 18.7 Å². The van der Waals surface area contributed by atoms with Crippen LogP contribution in [0.25, 0.3) is 0 Å². The number of methoxy groups -OCH3 is 1. The molecular formula is C19H23FN2O3. The molecule has 0 heterocycles. The van der Waals surface area contributed by atoms with Crippen LogP contribution in [0.3, 0.4) is 0 Å².